The molecular formula is C15H20O2. The first kappa shape index (κ1) is 11.1. The minimum absolute atomic E-state index is 0.0557. The molecule has 0 aromatic carbocycles. The molecule has 2 aliphatic carbocycles. The number of aliphatic hydroxyl groups excluding tert-OH is 1. The first-order chi connectivity index (χ1) is 7.95. The topological polar surface area (TPSA) is 33.4 Å². The van der Waals surface area contributed by atoms with Crippen LogP contribution in [0, 0.1) is 11.3 Å². The van der Waals surface area contributed by atoms with Crippen LogP contribution in [-0.4, -0.2) is 5.11 Å². The van der Waals surface area contributed by atoms with Crippen molar-refractivity contribution in [2.45, 2.75) is 45.1 Å². The van der Waals surface area contributed by atoms with E-state index >= 15 is 0 Å². The summed E-state index contributed by atoms with van der Waals surface area (Å²) in [6, 6.07) is 1.91. The van der Waals surface area contributed by atoms with E-state index in [2.05, 4.69) is 32.9 Å². The predicted molar refractivity (Wildman–Crippen MR) is 66.7 cm³/mol. The van der Waals surface area contributed by atoms with Crippen LogP contribution >= 0.6 is 0 Å². The van der Waals surface area contributed by atoms with Gasteiger partial charge in [-0.25, -0.2) is 0 Å². The van der Waals surface area contributed by atoms with E-state index in [0.29, 0.717) is 5.92 Å². The second-order valence-electron chi connectivity index (χ2n) is 6.39. The monoisotopic (exact) mass is 232 g/mol. The van der Waals surface area contributed by atoms with Gasteiger partial charge >= 0.3 is 0 Å². The minimum atomic E-state index is -0.368. The van der Waals surface area contributed by atoms with Crippen molar-refractivity contribution in [3.63, 3.8) is 0 Å². The molecule has 0 saturated heterocycles. The third kappa shape index (κ3) is 1.37. The normalized spacial score (nSPS) is 38.6. The Kier molecular flexibility index (Phi) is 2.13. The lowest BCUT2D eigenvalue weighted by atomic mass is 9.54. The quantitative estimate of drug-likeness (QED) is 0.694. The first-order valence-electron chi connectivity index (χ1n) is 6.39. The van der Waals surface area contributed by atoms with Crippen LogP contribution in [0.25, 0.3) is 0 Å². The maximum absolute atomic E-state index is 10.3. The minimum Gasteiger partial charge on any atom is -0.468 e. The highest BCUT2D eigenvalue weighted by Crippen LogP contribution is 2.56. The molecule has 3 atom stereocenters. The van der Waals surface area contributed by atoms with Crippen LogP contribution < -0.4 is 0 Å². The Morgan fingerprint density at radius 3 is 2.88 bits per heavy atom. The number of rotatable bonds is 0. The van der Waals surface area contributed by atoms with Gasteiger partial charge in [0.25, 0.3) is 0 Å². The van der Waals surface area contributed by atoms with Crippen LogP contribution in [0.3, 0.4) is 0 Å². The lowest BCUT2D eigenvalue weighted by molar-refractivity contribution is 0.0290. The van der Waals surface area contributed by atoms with Crippen LogP contribution in [0.15, 0.2) is 28.9 Å². The summed E-state index contributed by atoms with van der Waals surface area (Å²) in [5, 5.41) is 10.3. The zero-order chi connectivity index (χ0) is 12.3. The number of aliphatic hydroxyl groups is 1. The van der Waals surface area contributed by atoms with E-state index in [1.54, 1.807) is 6.26 Å². The number of fused-ring (bicyclic) bond motifs is 3. The predicted octanol–water partition coefficient (Wildman–Crippen LogP) is 3.58. The molecule has 3 unspecified atom stereocenters. The zero-order valence-corrected chi connectivity index (χ0v) is 10.7. The molecule has 1 aromatic heterocycles. The standard InChI is InChI=1S/C15H20O2/c1-14(2)6-4-7-15(3)12(14)9-11(16)10-5-8-17-13(10)15/h4-5,7-8,11-12,16H,6,9H2,1-3H3. The van der Waals surface area contributed by atoms with Crippen molar-refractivity contribution in [2.24, 2.45) is 11.3 Å². The Labute approximate surface area is 102 Å². The molecule has 2 nitrogen and oxygen atoms in total. The lowest BCUT2D eigenvalue weighted by Crippen LogP contribution is -2.46. The summed E-state index contributed by atoms with van der Waals surface area (Å²) >= 11 is 0. The van der Waals surface area contributed by atoms with Crippen molar-refractivity contribution >= 4 is 0 Å². The molecule has 0 radical (unpaired) electrons. The molecule has 0 bridgehead atoms. The second kappa shape index (κ2) is 3.26. The fraction of sp³-hybridized carbons (Fsp3) is 0.600. The molecule has 17 heavy (non-hydrogen) atoms. The van der Waals surface area contributed by atoms with E-state index in [4.69, 9.17) is 4.42 Å². The molecule has 2 aliphatic rings. The summed E-state index contributed by atoms with van der Waals surface area (Å²) in [6.07, 6.45) is 7.79. The van der Waals surface area contributed by atoms with Crippen molar-refractivity contribution in [3.8, 4) is 0 Å². The SMILES string of the molecule is CC1(C)CC=CC2(C)c3occc3C(O)CC12. The van der Waals surface area contributed by atoms with Crippen LogP contribution in [-0.2, 0) is 5.41 Å². The van der Waals surface area contributed by atoms with E-state index < -0.39 is 0 Å². The van der Waals surface area contributed by atoms with Gasteiger partial charge in [-0.15, -0.1) is 0 Å². The Morgan fingerprint density at radius 2 is 2.12 bits per heavy atom. The lowest BCUT2D eigenvalue weighted by Gasteiger charge is -2.50. The van der Waals surface area contributed by atoms with Crippen molar-refractivity contribution < 1.29 is 9.52 Å². The van der Waals surface area contributed by atoms with Gasteiger partial charge < -0.3 is 9.52 Å². The molecule has 0 saturated carbocycles. The van der Waals surface area contributed by atoms with Gasteiger partial charge in [0.2, 0.25) is 0 Å². The summed E-state index contributed by atoms with van der Waals surface area (Å²) < 4.78 is 5.68. The third-order valence-corrected chi connectivity index (χ3v) is 4.78. The van der Waals surface area contributed by atoms with Gasteiger partial charge in [-0.1, -0.05) is 26.0 Å². The van der Waals surface area contributed by atoms with Crippen LogP contribution in [0.1, 0.15) is 51.0 Å². The first-order valence-corrected chi connectivity index (χ1v) is 6.39. The van der Waals surface area contributed by atoms with Gasteiger partial charge in [-0.05, 0) is 37.2 Å². The van der Waals surface area contributed by atoms with E-state index in [1.165, 1.54) is 0 Å². The molecule has 0 amide bonds. The maximum Gasteiger partial charge on any atom is 0.119 e. The number of furan rings is 1. The zero-order valence-electron chi connectivity index (χ0n) is 10.7. The van der Waals surface area contributed by atoms with E-state index in [0.717, 1.165) is 24.2 Å². The van der Waals surface area contributed by atoms with Gasteiger partial charge in [0.15, 0.2) is 0 Å². The largest absolute Gasteiger partial charge is 0.468 e. The Balaban J connectivity index is 2.19. The number of hydrogen-bond acceptors (Lipinski definition) is 2. The van der Waals surface area contributed by atoms with E-state index in [9.17, 15) is 5.11 Å². The summed E-state index contributed by atoms with van der Waals surface area (Å²) in [4.78, 5) is 0. The van der Waals surface area contributed by atoms with Gasteiger partial charge in [0, 0.05) is 11.0 Å². The molecule has 1 aromatic rings. The van der Waals surface area contributed by atoms with Crippen LogP contribution in [0.4, 0.5) is 0 Å². The van der Waals surface area contributed by atoms with E-state index in [-0.39, 0.29) is 16.9 Å². The van der Waals surface area contributed by atoms with Crippen LogP contribution in [0.2, 0.25) is 0 Å². The highest BCUT2D eigenvalue weighted by atomic mass is 16.3. The smallest absolute Gasteiger partial charge is 0.119 e. The fourth-order valence-electron chi connectivity index (χ4n) is 3.85. The summed E-state index contributed by atoms with van der Waals surface area (Å²) in [5.41, 5.74) is 1.14. The van der Waals surface area contributed by atoms with Crippen molar-refractivity contribution in [3.05, 3.63) is 35.8 Å². The summed E-state index contributed by atoms with van der Waals surface area (Å²) in [7, 11) is 0. The number of allylic oxidation sites excluding steroid dienone is 2. The molecule has 1 heterocycles. The van der Waals surface area contributed by atoms with Gasteiger partial charge in [0.1, 0.15) is 5.76 Å². The van der Waals surface area contributed by atoms with Gasteiger partial charge in [0.05, 0.1) is 12.4 Å². The molecule has 0 fully saturated rings. The average Bonchev–Trinajstić information content (AvgIpc) is 2.71. The summed E-state index contributed by atoms with van der Waals surface area (Å²) in [6.45, 7) is 6.82. The Hall–Kier alpha value is -1.02. The summed E-state index contributed by atoms with van der Waals surface area (Å²) in [5.74, 6) is 1.40. The van der Waals surface area contributed by atoms with Gasteiger partial charge in [-0.2, -0.15) is 0 Å². The molecular weight excluding hydrogens is 212 g/mol. The highest BCUT2D eigenvalue weighted by Gasteiger charge is 2.51. The molecule has 1 N–H and O–H groups in total. The highest BCUT2D eigenvalue weighted by molar-refractivity contribution is 5.38. The van der Waals surface area contributed by atoms with Crippen molar-refractivity contribution in [2.75, 3.05) is 0 Å². The third-order valence-electron chi connectivity index (χ3n) is 4.78. The van der Waals surface area contributed by atoms with Gasteiger partial charge in [-0.3, -0.25) is 0 Å². The Bertz CT molecular complexity index is 469. The average molecular weight is 232 g/mol. The molecule has 3 rings (SSSR count). The van der Waals surface area contributed by atoms with Crippen molar-refractivity contribution in [1.82, 2.24) is 0 Å². The maximum atomic E-state index is 10.3. The Morgan fingerprint density at radius 1 is 1.35 bits per heavy atom. The second-order valence-corrected chi connectivity index (χ2v) is 6.39. The molecule has 92 valence electrons. The molecule has 0 aliphatic heterocycles. The molecule has 0 spiro atoms. The van der Waals surface area contributed by atoms with E-state index in [1.807, 2.05) is 6.07 Å². The number of hydrogen-bond donors (Lipinski definition) is 1. The fourth-order valence-corrected chi connectivity index (χ4v) is 3.85. The van der Waals surface area contributed by atoms with Crippen molar-refractivity contribution in [1.29, 1.82) is 0 Å². The van der Waals surface area contributed by atoms with Crippen LogP contribution in [0.5, 0.6) is 0 Å². The molecule has 2 heteroatoms.